The van der Waals surface area contributed by atoms with Crippen LogP contribution in [0.3, 0.4) is 0 Å². The van der Waals surface area contributed by atoms with E-state index in [-0.39, 0.29) is 6.10 Å². The molecule has 0 aromatic carbocycles. The smallest absolute Gasteiger partial charge is 0.148 e. The largest absolute Gasteiger partial charge is 0.393 e. The summed E-state index contributed by atoms with van der Waals surface area (Å²) < 4.78 is 1.67. The minimum atomic E-state index is -0.293. The number of aliphatic hydroxyl groups excluding tert-OH is 1. The lowest BCUT2D eigenvalue weighted by Crippen LogP contribution is -2.09. The Morgan fingerprint density at radius 1 is 1.64 bits per heavy atom. The van der Waals surface area contributed by atoms with Crippen LogP contribution >= 0.6 is 0 Å². The molecule has 5 heteroatoms. The van der Waals surface area contributed by atoms with Gasteiger partial charge in [-0.15, -0.1) is 5.10 Å². The quantitative estimate of drug-likeness (QED) is 0.655. The molecule has 0 fully saturated rings. The first-order valence-corrected chi connectivity index (χ1v) is 3.61. The average Bonchev–Trinajstić information content (AvgIpc) is 2.31. The fourth-order valence-electron chi connectivity index (χ4n) is 0.765. The molecule has 0 spiro atoms. The predicted octanol–water partition coefficient (Wildman–Crippen LogP) is -0.248. The van der Waals surface area contributed by atoms with E-state index >= 15 is 0 Å². The van der Waals surface area contributed by atoms with Crippen LogP contribution in [-0.4, -0.2) is 31.4 Å². The lowest BCUT2D eigenvalue weighted by molar-refractivity contribution is 0.175. The van der Waals surface area contributed by atoms with Gasteiger partial charge in [-0.25, -0.2) is 4.68 Å². The van der Waals surface area contributed by atoms with Gasteiger partial charge >= 0.3 is 0 Å². The first kappa shape index (κ1) is 8.13. The minimum absolute atomic E-state index is 0.293. The number of hydrogen-bond acceptors (Lipinski definition) is 4. The predicted molar refractivity (Wildman–Crippen MR) is 38.9 cm³/mol. The first-order chi connectivity index (χ1) is 5.20. The molecular weight excluding hydrogens is 144 g/mol. The van der Waals surface area contributed by atoms with E-state index in [1.165, 1.54) is 0 Å². The van der Waals surface area contributed by atoms with Crippen LogP contribution in [0.5, 0.6) is 0 Å². The second kappa shape index (κ2) is 3.43. The summed E-state index contributed by atoms with van der Waals surface area (Å²) in [7, 11) is 0. The lowest BCUT2D eigenvalue weighted by atomic mass is 10.3. The molecule has 1 rings (SSSR count). The molecule has 0 amide bonds. The number of aliphatic hydroxyl groups is 1. The summed E-state index contributed by atoms with van der Waals surface area (Å²) in [6.07, 6.45) is 0.393. The summed E-state index contributed by atoms with van der Waals surface area (Å²) in [4.78, 5) is 0. The van der Waals surface area contributed by atoms with Gasteiger partial charge in [-0.2, -0.15) is 0 Å². The first-order valence-electron chi connectivity index (χ1n) is 3.61. The van der Waals surface area contributed by atoms with Crippen molar-refractivity contribution in [3.8, 4) is 0 Å². The SMILES string of the molecule is Cc1nnnn1CCC(C)O. The van der Waals surface area contributed by atoms with Gasteiger partial charge in [0.2, 0.25) is 0 Å². The Bertz CT molecular complexity index is 220. The molecule has 1 aromatic heterocycles. The highest BCUT2D eigenvalue weighted by molar-refractivity contribution is 4.72. The van der Waals surface area contributed by atoms with Crippen molar-refractivity contribution < 1.29 is 5.11 Å². The van der Waals surface area contributed by atoms with E-state index in [4.69, 9.17) is 5.11 Å². The van der Waals surface area contributed by atoms with Gasteiger partial charge in [-0.1, -0.05) is 0 Å². The van der Waals surface area contributed by atoms with E-state index in [1.807, 2.05) is 6.92 Å². The molecule has 1 unspecified atom stereocenters. The fourth-order valence-corrected chi connectivity index (χ4v) is 0.765. The summed E-state index contributed by atoms with van der Waals surface area (Å²) in [6, 6.07) is 0. The Kier molecular flexibility index (Phi) is 2.53. The zero-order valence-corrected chi connectivity index (χ0v) is 6.73. The third-order valence-corrected chi connectivity index (χ3v) is 1.47. The van der Waals surface area contributed by atoms with Gasteiger partial charge in [0.1, 0.15) is 5.82 Å². The molecule has 1 aromatic rings. The van der Waals surface area contributed by atoms with Crippen LogP contribution < -0.4 is 0 Å². The van der Waals surface area contributed by atoms with Gasteiger partial charge in [0.25, 0.3) is 0 Å². The summed E-state index contributed by atoms with van der Waals surface area (Å²) in [6.45, 7) is 4.26. The van der Waals surface area contributed by atoms with Crippen molar-refractivity contribution in [1.29, 1.82) is 0 Å². The summed E-state index contributed by atoms with van der Waals surface area (Å²) in [5.41, 5.74) is 0. The van der Waals surface area contributed by atoms with Crippen molar-refractivity contribution in [2.45, 2.75) is 32.9 Å². The van der Waals surface area contributed by atoms with Crippen molar-refractivity contribution in [3.05, 3.63) is 5.82 Å². The number of tetrazole rings is 1. The number of hydrogen-bond donors (Lipinski definition) is 1. The molecule has 1 atom stereocenters. The Hall–Kier alpha value is -0.970. The topological polar surface area (TPSA) is 63.8 Å². The monoisotopic (exact) mass is 156 g/mol. The van der Waals surface area contributed by atoms with Crippen molar-refractivity contribution in [2.75, 3.05) is 0 Å². The second-order valence-electron chi connectivity index (χ2n) is 2.59. The van der Waals surface area contributed by atoms with Crippen LogP contribution in [-0.2, 0) is 6.54 Å². The molecule has 0 bridgehead atoms. The second-order valence-corrected chi connectivity index (χ2v) is 2.59. The number of nitrogens with zero attached hydrogens (tertiary/aromatic N) is 4. The molecule has 0 aliphatic rings. The van der Waals surface area contributed by atoms with Crippen molar-refractivity contribution in [2.24, 2.45) is 0 Å². The standard InChI is InChI=1S/C6H12N4O/c1-5(11)3-4-10-6(2)7-8-9-10/h5,11H,3-4H2,1-2H3. The maximum absolute atomic E-state index is 8.96. The molecule has 0 aliphatic carbocycles. The van der Waals surface area contributed by atoms with Gasteiger partial charge in [-0.05, 0) is 30.7 Å². The minimum Gasteiger partial charge on any atom is -0.393 e. The number of aromatic nitrogens is 4. The zero-order valence-electron chi connectivity index (χ0n) is 6.73. The summed E-state index contributed by atoms with van der Waals surface area (Å²) in [5, 5.41) is 19.9. The van der Waals surface area contributed by atoms with Gasteiger partial charge < -0.3 is 5.11 Å². The molecule has 0 radical (unpaired) electrons. The normalized spacial score (nSPS) is 13.4. The zero-order chi connectivity index (χ0) is 8.27. The third-order valence-electron chi connectivity index (χ3n) is 1.47. The molecule has 0 aliphatic heterocycles. The van der Waals surface area contributed by atoms with E-state index in [0.29, 0.717) is 13.0 Å². The Labute approximate surface area is 65.0 Å². The Morgan fingerprint density at radius 3 is 2.82 bits per heavy atom. The molecule has 62 valence electrons. The molecule has 0 saturated heterocycles. The molecule has 0 saturated carbocycles. The van der Waals surface area contributed by atoms with Crippen LogP contribution in [0.25, 0.3) is 0 Å². The van der Waals surface area contributed by atoms with Crippen molar-refractivity contribution in [3.63, 3.8) is 0 Å². The van der Waals surface area contributed by atoms with Crippen LogP contribution in [0.15, 0.2) is 0 Å². The Balaban J connectivity index is 2.44. The molecule has 1 heterocycles. The highest BCUT2D eigenvalue weighted by atomic mass is 16.3. The van der Waals surface area contributed by atoms with Gasteiger partial charge in [0.05, 0.1) is 6.10 Å². The highest BCUT2D eigenvalue weighted by Gasteiger charge is 2.01. The van der Waals surface area contributed by atoms with Crippen molar-refractivity contribution in [1.82, 2.24) is 20.2 Å². The number of aryl methyl sites for hydroxylation is 2. The number of rotatable bonds is 3. The maximum atomic E-state index is 8.96. The van der Waals surface area contributed by atoms with Crippen LogP contribution in [0.1, 0.15) is 19.2 Å². The summed E-state index contributed by atoms with van der Waals surface area (Å²) >= 11 is 0. The van der Waals surface area contributed by atoms with Crippen LogP contribution in [0, 0.1) is 6.92 Å². The van der Waals surface area contributed by atoms with Crippen LogP contribution in [0.2, 0.25) is 0 Å². The average molecular weight is 156 g/mol. The fraction of sp³-hybridized carbons (Fsp3) is 0.833. The molecule has 11 heavy (non-hydrogen) atoms. The Morgan fingerprint density at radius 2 is 2.36 bits per heavy atom. The van der Waals surface area contributed by atoms with Gasteiger partial charge in [0, 0.05) is 6.54 Å². The highest BCUT2D eigenvalue weighted by Crippen LogP contribution is 1.95. The van der Waals surface area contributed by atoms with Gasteiger partial charge in [-0.3, -0.25) is 0 Å². The van der Waals surface area contributed by atoms with E-state index in [0.717, 1.165) is 5.82 Å². The van der Waals surface area contributed by atoms with Gasteiger partial charge in [0.15, 0.2) is 0 Å². The third kappa shape index (κ3) is 2.27. The van der Waals surface area contributed by atoms with E-state index in [1.54, 1.807) is 11.6 Å². The summed E-state index contributed by atoms with van der Waals surface area (Å²) in [5.74, 6) is 0.783. The van der Waals surface area contributed by atoms with Crippen molar-refractivity contribution >= 4 is 0 Å². The van der Waals surface area contributed by atoms with E-state index in [9.17, 15) is 0 Å². The van der Waals surface area contributed by atoms with E-state index < -0.39 is 0 Å². The molecule has 5 nitrogen and oxygen atoms in total. The molecule has 1 N–H and O–H groups in total. The lowest BCUT2D eigenvalue weighted by Gasteiger charge is -2.03. The van der Waals surface area contributed by atoms with Crippen LogP contribution in [0.4, 0.5) is 0 Å². The molecular formula is C6H12N4O. The van der Waals surface area contributed by atoms with E-state index in [2.05, 4.69) is 15.5 Å². The maximum Gasteiger partial charge on any atom is 0.148 e.